The van der Waals surface area contributed by atoms with Crippen molar-refractivity contribution in [3.63, 3.8) is 0 Å². The molecule has 3 aromatic carbocycles. The van der Waals surface area contributed by atoms with Gasteiger partial charge in [0.1, 0.15) is 16.5 Å². The SMILES string of the molecule is O=S(=O)(O)C(c1cccc(Cl)c1)(c1cc(Cl)ccc1O)c1ccc(Cl)c(Cl)c1O. The van der Waals surface area contributed by atoms with E-state index in [1.54, 1.807) is 0 Å². The largest absolute Gasteiger partial charge is 0.508 e. The Morgan fingerprint density at radius 3 is 2.07 bits per heavy atom. The van der Waals surface area contributed by atoms with Crippen molar-refractivity contribution in [1.29, 1.82) is 0 Å². The average Bonchev–Trinajstić information content (AvgIpc) is 2.64. The first-order chi connectivity index (χ1) is 13.5. The third-order valence-corrected chi connectivity index (χ3v) is 7.12. The third-order valence-electron chi connectivity index (χ3n) is 4.40. The van der Waals surface area contributed by atoms with Gasteiger partial charge in [-0.15, -0.1) is 0 Å². The summed E-state index contributed by atoms with van der Waals surface area (Å²) in [5.41, 5.74) is -0.739. The van der Waals surface area contributed by atoms with Gasteiger partial charge in [-0.3, -0.25) is 4.55 Å². The number of rotatable bonds is 4. The lowest BCUT2D eigenvalue weighted by Crippen LogP contribution is -2.38. The molecule has 0 amide bonds. The molecule has 3 aromatic rings. The zero-order valence-corrected chi connectivity index (χ0v) is 18.1. The summed E-state index contributed by atoms with van der Waals surface area (Å²) < 4.78 is 33.8. The van der Waals surface area contributed by atoms with Crippen molar-refractivity contribution in [2.24, 2.45) is 0 Å². The summed E-state index contributed by atoms with van der Waals surface area (Å²) in [4.78, 5) is 0. The number of benzene rings is 3. The Morgan fingerprint density at radius 1 is 0.793 bits per heavy atom. The molecular weight excluding hydrogens is 482 g/mol. The molecule has 1 atom stereocenters. The smallest absolute Gasteiger partial charge is 0.283 e. The van der Waals surface area contributed by atoms with Gasteiger partial charge in [-0.1, -0.05) is 64.6 Å². The molecule has 10 heteroatoms. The number of halogens is 4. The monoisotopic (exact) mass is 492 g/mol. The maximum atomic E-state index is 12.9. The Labute approximate surface area is 186 Å². The first-order valence-corrected chi connectivity index (χ1v) is 10.8. The summed E-state index contributed by atoms with van der Waals surface area (Å²) in [5, 5.41) is 21.1. The minimum atomic E-state index is -5.13. The van der Waals surface area contributed by atoms with Crippen molar-refractivity contribution in [2.75, 3.05) is 0 Å². The normalized spacial score (nSPS) is 13.8. The molecule has 0 aliphatic heterocycles. The van der Waals surface area contributed by atoms with Crippen molar-refractivity contribution in [1.82, 2.24) is 0 Å². The fraction of sp³-hybridized carbons (Fsp3) is 0.0526. The van der Waals surface area contributed by atoms with Gasteiger partial charge >= 0.3 is 0 Å². The topological polar surface area (TPSA) is 94.8 Å². The highest BCUT2D eigenvalue weighted by molar-refractivity contribution is 7.87. The summed E-state index contributed by atoms with van der Waals surface area (Å²) in [6.07, 6.45) is 0. The molecule has 0 bridgehead atoms. The molecule has 29 heavy (non-hydrogen) atoms. The predicted octanol–water partition coefficient (Wildman–Crippen LogP) is 5.89. The quantitative estimate of drug-likeness (QED) is 0.311. The highest BCUT2D eigenvalue weighted by Crippen LogP contribution is 2.52. The lowest BCUT2D eigenvalue weighted by atomic mass is 9.83. The van der Waals surface area contributed by atoms with Crippen LogP contribution in [0.5, 0.6) is 11.5 Å². The maximum Gasteiger partial charge on any atom is 0.283 e. The molecule has 0 heterocycles. The van der Waals surface area contributed by atoms with Gasteiger partial charge < -0.3 is 10.2 Å². The van der Waals surface area contributed by atoms with Crippen LogP contribution in [-0.2, 0) is 14.9 Å². The van der Waals surface area contributed by atoms with Gasteiger partial charge in [-0.2, -0.15) is 8.42 Å². The molecule has 0 radical (unpaired) electrons. The van der Waals surface area contributed by atoms with Crippen molar-refractivity contribution >= 4 is 56.5 Å². The van der Waals surface area contributed by atoms with Crippen LogP contribution in [0.4, 0.5) is 0 Å². The third kappa shape index (κ3) is 3.65. The van der Waals surface area contributed by atoms with Crippen LogP contribution in [0.1, 0.15) is 16.7 Å². The molecule has 0 fully saturated rings. The van der Waals surface area contributed by atoms with E-state index in [-0.39, 0.29) is 36.8 Å². The summed E-state index contributed by atoms with van der Waals surface area (Å²) in [6.45, 7) is 0. The highest BCUT2D eigenvalue weighted by atomic mass is 35.5. The van der Waals surface area contributed by atoms with E-state index in [9.17, 15) is 23.2 Å². The molecule has 0 aliphatic rings. The van der Waals surface area contributed by atoms with E-state index < -0.39 is 26.4 Å². The van der Waals surface area contributed by atoms with Crippen molar-refractivity contribution in [2.45, 2.75) is 4.75 Å². The molecule has 1 unspecified atom stereocenters. The molecule has 0 spiro atoms. The summed E-state index contributed by atoms with van der Waals surface area (Å²) in [7, 11) is -5.13. The average molecular weight is 494 g/mol. The molecular formula is C19H12Cl4O5S. The van der Waals surface area contributed by atoms with Crippen LogP contribution in [0.15, 0.2) is 54.6 Å². The van der Waals surface area contributed by atoms with Crippen LogP contribution in [0, 0.1) is 0 Å². The second kappa shape index (κ2) is 7.87. The first-order valence-electron chi connectivity index (χ1n) is 7.89. The van der Waals surface area contributed by atoms with Gasteiger partial charge in [0.15, 0.2) is 4.75 Å². The zero-order valence-electron chi connectivity index (χ0n) is 14.3. The predicted molar refractivity (Wildman–Crippen MR) is 114 cm³/mol. The van der Waals surface area contributed by atoms with E-state index >= 15 is 0 Å². The standard InChI is InChI=1S/C19H12Cl4O5S/c20-11-3-1-2-10(8-11)19(29(26,27)28,14-9-12(21)4-7-16(14)24)13-5-6-15(22)17(23)18(13)25/h1-9,24-25H,(H,26,27,28). The van der Waals surface area contributed by atoms with Gasteiger partial charge in [-0.25, -0.2) is 0 Å². The van der Waals surface area contributed by atoms with E-state index in [4.69, 9.17) is 46.4 Å². The van der Waals surface area contributed by atoms with Crippen LogP contribution in [0.25, 0.3) is 0 Å². The van der Waals surface area contributed by atoms with Gasteiger partial charge in [0.25, 0.3) is 10.1 Å². The molecule has 3 rings (SSSR count). The van der Waals surface area contributed by atoms with Crippen molar-refractivity contribution < 1.29 is 23.2 Å². The van der Waals surface area contributed by atoms with E-state index in [1.165, 1.54) is 42.5 Å². The van der Waals surface area contributed by atoms with Crippen LogP contribution < -0.4 is 0 Å². The molecule has 0 saturated heterocycles. The Bertz CT molecular complexity index is 1210. The molecule has 152 valence electrons. The lowest BCUT2D eigenvalue weighted by molar-refractivity contribution is 0.428. The Morgan fingerprint density at radius 2 is 1.45 bits per heavy atom. The molecule has 0 aromatic heterocycles. The van der Waals surface area contributed by atoms with Gasteiger partial charge in [-0.05, 0) is 42.0 Å². The lowest BCUT2D eigenvalue weighted by Gasteiger charge is -2.33. The fourth-order valence-corrected chi connectivity index (χ4v) is 5.19. The van der Waals surface area contributed by atoms with Crippen molar-refractivity contribution in [3.05, 3.63) is 91.4 Å². The number of aromatic hydroxyl groups is 2. The first kappa shape index (κ1) is 22.0. The van der Waals surface area contributed by atoms with Crippen LogP contribution in [-0.4, -0.2) is 23.2 Å². The Balaban J connectivity index is 2.63. The van der Waals surface area contributed by atoms with Crippen molar-refractivity contribution in [3.8, 4) is 11.5 Å². The van der Waals surface area contributed by atoms with Gasteiger partial charge in [0.05, 0.1) is 5.02 Å². The minimum Gasteiger partial charge on any atom is -0.508 e. The molecule has 0 aliphatic carbocycles. The van der Waals surface area contributed by atoms with E-state index in [1.807, 2.05) is 0 Å². The fourth-order valence-electron chi connectivity index (χ4n) is 3.20. The Kier molecular flexibility index (Phi) is 5.98. The maximum absolute atomic E-state index is 12.9. The van der Waals surface area contributed by atoms with Crippen LogP contribution >= 0.6 is 46.4 Å². The number of phenols is 2. The molecule has 3 N–H and O–H groups in total. The molecule has 0 saturated carbocycles. The van der Waals surface area contributed by atoms with Gasteiger partial charge in [0, 0.05) is 21.2 Å². The number of phenolic OH excluding ortho intramolecular Hbond substituents is 2. The number of hydrogen-bond donors (Lipinski definition) is 3. The summed E-state index contributed by atoms with van der Waals surface area (Å²) >= 11 is 24.1. The Hall–Kier alpha value is -1.67. The number of hydrogen-bond acceptors (Lipinski definition) is 4. The van der Waals surface area contributed by atoms with E-state index in [0.717, 1.165) is 12.1 Å². The summed E-state index contributed by atoms with van der Waals surface area (Å²) in [5.74, 6) is -1.20. The highest BCUT2D eigenvalue weighted by Gasteiger charge is 2.52. The second-order valence-corrected chi connectivity index (χ2v) is 9.31. The zero-order chi connectivity index (χ0) is 21.6. The molecule has 5 nitrogen and oxygen atoms in total. The summed E-state index contributed by atoms with van der Waals surface area (Å²) in [6, 6.07) is 11.7. The van der Waals surface area contributed by atoms with Crippen LogP contribution in [0.3, 0.4) is 0 Å². The second-order valence-electron chi connectivity index (χ2n) is 6.09. The minimum absolute atomic E-state index is 0.0430. The van der Waals surface area contributed by atoms with E-state index in [0.29, 0.717) is 0 Å². The van der Waals surface area contributed by atoms with E-state index in [2.05, 4.69) is 0 Å². The van der Waals surface area contributed by atoms with Gasteiger partial charge in [0.2, 0.25) is 0 Å². The van der Waals surface area contributed by atoms with Crippen LogP contribution in [0.2, 0.25) is 20.1 Å².